The lowest BCUT2D eigenvalue weighted by Gasteiger charge is -2.11. The van der Waals surface area contributed by atoms with Crippen molar-refractivity contribution in [3.05, 3.63) is 26.7 Å². The molecule has 0 bridgehead atoms. The van der Waals surface area contributed by atoms with Crippen molar-refractivity contribution in [2.45, 2.75) is 26.8 Å². The van der Waals surface area contributed by atoms with Gasteiger partial charge in [0.2, 0.25) is 0 Å². The van der Waals surface area contributed by atoms with Gasteiger partial charge >= 0.3 is 5.69 Å². The first-order chi connectivity index (χ1) is 9.38. The summed E-state index contributed by atoms with van der Waals surface area (Å²) in [7, 11) is 3.11. The Morgan fingerprint density at radius 3 is 2.40 bits per heavy atom. The van der Waals surface area contributed by atoms with Crippen molar-refractivity contribution in [3.63, 3.8) is 0 Å². The van der Waals surface area contributed by atoms with Crippen molar-refractivity contribution in [2.24, 2.45) is 25.7 Å². The van der Waals surface area contributed by atoms with E-state index in [0.717, 1.165) is 10.4 Å². The molecule has 7 heteroatoms. The van der Waals surface area contributed by atoms with Crippen LogP contribution < -0.4 is 17.0 Å². The summed E-state index contributed by atoms with van der Waals surface area (Å²) >= 11 is 0. The molecule has 2 heterocycles. The number of aryl methyl sites for hydroxylation is 1. The number of rotatable bonds is 4. The lowest BCUT2D eigenvalue weighted by Crippen LogP contribution is -2.37. The van der Waals surface area contributed by atoms with E-state index in [9.17, 15) is 9.59 Å². The lowest BCUT2D eigenvalue weighted by molar-refractivity contribution is 0.515. The Balaban J connectivity index is 2.89. The molecule has 0 radical (unpaired) electrons. The zero-order valence-corrected chi connectivity index (χ0v) is 12.4. The average Bonchev–Trinajstić information content (AvgIpc) is 2.73. The van der Waals surface area contributed by atoms with Crippen LogP contribution in [0.1, 0.15) is 19.7 Å². The van der Waals surface area contributed by atoms with Crippen LogP contribution in [0.2, 0.25) is 0 Å². The molecule has 110 valence electrons. The van der Waals surface area contributed by atoms with Crippen LogP contribution in [0.3, 0.4) is 0 Å². The van der Waals surface area contributed by atoms with Crippen LogP contribution >= 0.6 is 0 Å². The highest BCUT2D eigenvalue weighted by Gasteiger charge is 2.18. The van der Waals surface area contributed by atoms with Crippen LogP contribution in [-0.4, -0.2) is 25.2 Å². The molecule has 0 saturated carbocycles. The Labute approximate surface area is 116 Å². The summed E-state index contributed by atoms with van der Waals surface area (Å²) in [6, 6.07) is 0. The molecule has 0 aliphatic rings. The number of nitrogens with zero attached hydrogens (tertiary/aromatic N) is 4. The standard InChI is InChI=1S/C13H21N5O2/c1-8(2)7-18-9(5-6-14)15-11-10(18)12(19)17(4)13(20)16(11)3/h8H,5-7,14H2,1-4H3. The van der Waals surface area contributed by atoms with E-state index in [2.05, 4.69) is 18.8 Å². The number of nitrogens with two attached hydrogens (primary N) is 1. The first-order valence-corrected chi connectivity index (χ1v) is 6.73. The molecular formula is C13H21N5O2. The SMILES string of the molecule is CC(C)Cn1c(CCN)nc2c1c(=O)n(C)c(=O)n2C. The quantitative estimate of drug-likeness (QED) is 0.824. The molecule has 0 amide bonds. The Morgan fingerprint density at radius 2 is 1.85 bits per heavy atom. The fourth-order valence-electron chi connectivity index (χ4n) is 2.37. The molecule has 0 aliphatic carbocycles. The average molecular weight is 279 g/mol. The Kier molecular flexibility index (Phi) is 3.80. The molecule has 0 fully saturated rings. The molecule has 0 saturated heterocycles. The van der Waals surface area contributed by atoms with Crippen LogP contribution in [-0.2, 0) is 27.1 Å². The molecule has 2 aromatic heterocycles. The highest BCUT2D eigenvalue weighted by molar-refractivity contribution is 5.71. The zero-order valence-electron chi connectivity index (χ0n) is 12.4. The van der Waals surface area contributed by atoms with E-state index in [0.29, 0.717) is 36.6 Å². The van der Waals surface area contributed by atoms with E-state index in [1.807, 2.05) is 4.57 Å². The van der Waals surface area contributed by atoms with Gasteiger partial charge in [0.15, 0.2) is 11.2 Å². The molecule has 2 N–H and O–H groups in total. The van der Waals surface area contributed by atoms with Gasteiger partial charge in [-0.3, -0.25) is 13.9 Å². The molecule has 0 spiro atoms. The first-order valence-electron chi connectivity index (χ1n) is 6.73. The fourth-order valence-corrected chi connectivity index (χ4v) is 2.37. The lowest BCUT2D eigenvalue weighted by atomic mass is 10.2. The fraction of sp³-hybridized carbons (Fsp3) is 0.615. The summed E-state index contributed by atoms with van der Waals surface area (Å²) in [4.78, 5) is 28.8. The second kappa shape index (κ2) is 5.24. The van der Waals surface area contributed by atoms with E-state index >= 15 is 0 Å². The van der Waals surface area contributed by atoms with Gasteiger partial charge in [0.05, 0.1) is 0 Å². The first kappa shape index (κ1) is 14.5. The van der Waals surface area contributed by atoms with Gasteiger partial charge in [0, 0.05) is 27.1 Å². The molecule has 2 aromatic rings. The maximum absolute atomic E-state index is 12.4. The van der Waals surface area contributed by atoms with Crippen molar-refractivity contribution in [1.29, 1.82) is 0 Å². The number of hydrogen-bond acceptors (Lipinski definition) is 4. The Bertz CT molecular complexity index is 751. The van der Waals surface area contributed by atoms with Crippen LogP contribution in [0.25, 0.3) is 11.2 Å². The van der Waals surface area contributed by atoms with Gasteiger partial charge in [-0.05, 0) is 12.5 Å². The number of aromatic nitrogens is 4. The highest BCUT2D eigenvalue weighted by Crippen LogP contribution is 2.13. The van der Waals surface area contributed by atoms with Crippen LogP contribution in [0.15, 0.2) is 9.59 Å². The molecule has 7 nitrogen and oxygen atoms in total. The second-order valence-corrected chi connectivity index (χ2v) is 5.45. The van der Waals surface area contributed by atoms with Crippen LogP contribution in [0.4, 0.5) is 0 Å². The van der Waals surface area contributed by atoms with Gasteiger partial charge in [-0.25, -0.2) is 9.78 Å². The van der Waals surface area contributed by atoms with Gasteiger partial charge in [0.25, 0.3) is 5.56 Å². The molecule has 2 rings (SSSR count). The van der Waals surface area contributed by atoms with Crippen molar-refractivity contribution in [3.8, 4) is 0 Å². The van der Waals surface area contributed by atoms with Crippen molar-refractivity contribution < 1.29 is 0 Å². The minimum absolute atomic E-state index is 0.306. The van der Waals surface area contributed by atoms with Crippen molar-refractivity contribution >= 4 is 11.2 Å². The number of imidazole rings is 1. The van der Waals surface area contributed by atoms with Crippen LogP contribution in [0.5, 0.6) is 0 Å². The normalized spacial score (nSPS) is 11.7. The summed E-state index contributed by atoms with van der Waals surface area (Å²) < 4.78 is 4.43. The maximum Gasteiger partial charge on any atom is 0.332 e. The number of hydrogen-bond donors (Lipinski definition) is 1. The minimum Gasteiger partial charge on any atom is -0.330 e. The zero-order chi connectivity index (χ0) is 15.0. The molecule has 0 aromatic carbocycles. The predicted molar refractivity (Wildman–Crippen MR) is 77.8 cm³/mol. The van der Waals surface area contributed by atoms with Gasteiger partial charge in [0.1, 0.15) is 5.82 Å². The van der Waals surface area contributed by atoms with Gasteiger partial charge < -0.3 is 10.3 Å². The third kappa shape index (κ3) is 2.18. The molecular weight excluding hydrogens is 258 g/mol. The predicted octanol–water partition coefficient (Wildman–Crippen LogP) is -0.409. The summed E-state index contributed by atoms with van der Waals surface area (Å²) in [5, 5.41) is 0. The van der Waals surface area contributed by atoms with Gasteiger partial charge in [-0.1, -0.05) is 13.8 Å². The summed E-state index contributed by atoms with van der Waals surface area (Å²) in [5.41, 5.74) is 5.85. The topological polar surface area (TPSA) is 87.8 Å². The summed E-state index contributed by atoms with van der Waals surface area (Å²) in [5.74, 6) is 1.13. The minimum atomic E-state index is -0.365. The maximum atomic E-state index is 12.4. The van der Waals surface area contributed by atoms with E-state index in [4.69, 9.17) is 5.73 Å². The number of fused-ring (bicyclic) bond motifs is 1. The third-order valence-electron chi connectivity index (χ3n) is 3.34. The smallest absolute Gasteiger partial charge is 0.330 e. The summed E-state index contributed by atoms with van der Waals surface area (Å²) in [6.45, 7) is 5.28. The Morgan fingerprint density at radius 1 is 1.20 bits per heavy atom. The third-order valence-corrected chi connectivity index (χ3v) is 3.34. The molecule has 0 atom stereocenters. The molecule has 20 heavy (non-hydrogen) atoms. The second-order valence-electron chi connectivity index (χ2n) is 5.45. The van der Waals surface area contributed by atoms with Crippen LogP contribution in [0, 0.1) is 5.92 Å². The van der Waals surface area contributed by atoms with Gasteiger partial charge in [-0.15, -0.1) is 0 Å². The van der Waals surface area contributed by atoms with Crippen molar-refractivity contribution in [2.75, 3.05) is 6.54 Å². The Hall–Kier alpha value is -1.89. The van der Waals surface area contributed by atoms with E-state index in [1.165, 1.54) is 11.6 Å². The van der Waals surface area contributed by atoms with Crippen molar-refractivity contribution in [1.82, 2.24) is 18.7 Å². The van der Waals surface area contributed by atoms with Gasteiger partial charge in [-0.2, -0.15) is 0 Å². The highest BCUT2D eigenvalue weighted by atomic mass is 16.2. The van der Waals surface area contributed by atoms with E-state index < -0.39 is 0 Å². The van der Waals surface area contributed by atoms with E-state index in [1.54, 1.807) is 7.05 Å². The van der Waals surface area contributed by atoms with E-state index in [-0.39, 0.29) is 11.2 Å². The largest absolute Gasteiger partial charge is 0.332 e. The molecule has 0 unspecified atom stereocenters. The molecule has 0 aliphatic heterocycles. The summed E-state index contributed by atoms with van der Waals surface area (Å²) in [6.07, 6.45) is 0.582. The monoisotopic (exact) mass is 279 g/mol.